The Morgan fingerprint density at radius 3 is 2.77 bits per heavy atom. The summed E-state index contributed by atoms with van der Waals surface area (Å²) in [4.78, 5) is 27.6. The van der Waals surface area contributed by atoms with Crippen LogP contribution >= 0.6 is 0 Å². The number of amides is 1. The van der Waals surface area contributed by atoms with E-state index < -0.39 is 0 Å². The van der Waals surface area contributed by atoms with Crippen LogP contribution in [0.2, 0.25) is 0 Å². The molecule has 1 amide bonds. The first kappa shape index (κ1) is 20.1. The lowest BCUT2D eigenvalue weighted by molar-refractivity contribution is -0.183. The maximum Gasteiger partial charge on any atom is 0.249 e. The molecule has 2 aliphatic rings. The van der Waals surface area contributed by atoms with Gasteiger partial charge >= 0.3 is 0 Å². The Balaban J connectivity index is 1.21. The van der Waals surface area contributed by atoms with E-state index in [1.54, 1.807) is 11.4 Å². The summed E-state index contributed by atoms with van der Waals surface area (Å²) >= 11 is 0. The summed E-state index contributed by atoms with van der Waals surface area (Å²) < 4.78 is 1.87. The fourth-order valence-corrected chi connectivity index (χ4v) is 5.15. The Morgan fingerprint density at radius 1 is 1.13 bits per heavy atom. The van der Waals surface area contributed by atoms with Crippen LogP contribution < -0.4 is 0 Å². The van der Waals surface area contributed by atoms with Gasteiger partial charge in [0.25, 0.3) is 0 Å². The Hall–Kier alpha value is -2.80. The summed E-state index contributed by atoms with van der Waals surface area (Å²) in [6.07, 6.45) is 13.2. The lowest BCUT2D eigenvalue weighted by Crippen LogP contribution is -2.36. The molecule has 1 saturated carbocycles. The largest absolute Gasteiger partial charge is 0.272 e. The van der Waals surface area contributed by atoms with E-state index in [9.17, 15) is 4.79 Å². The molecule has 7 nitrogen and oxygen atoms in total. The van der Waals surface area contributed by atoms with Crippen molar-refractivity contribution in [2.45, 2.75) is 58.4 Å². The zero-order chi connectivity index (χ0) is 21.4. The van der Waals surface area contributed by atoms with Crippen molar-refractivity contribution in [3.05, 3.63) is 59.3 Å². The first-order valence-electron chi connectivity index (χ1n) is 11.2. The Kier molecular flexibility index (Phi) is 5.44. The summed E-state index contributed by atoms with van der Waals surface area (Å²) in [6.45, 7) is 4.70. The molecule has 0 N–H and O–H groups in total. The lowest BCUT2D eigenvalue weighted by Gasteiger charge is -2.32. The summed E-state index contributed by atoms with van der Waals surface area (Å²) in [7, 11) is 0. The average Bonchev–Trinajstić information content (AvgIpc) is 3.44. The van der Waals surface area contributed by atoms with Crippen molar-refractivity contribution in [2.75, 3.05) is 6.61 Å². The van der Waals surface area contributed by atoms with Gasteiger partial charge in [-0.25, -0.2) is 14.6 Å². The quantitative estimate of drug-likeness (QED) is 0.639. The normalized spacial score (nSPS) is 24.1. The summed E-state index contributed by atoms with van der Waals surface area (Å²) in [5.41, 5.74) is 5.54. The molecule has 7 heteroatoms. The highest BCUT2D eigenvalue weighted by Crippen LogP contribution is 2.37. The van der Waals surface area contributed by atoms with Gasteiger partial charge in [-0.2, -0.15) is 5.10 Å². The fraction of sp³-hybridized carbons (Fsp3) is 0.500. The van der Waals surface area contributed by atoms with Gasteiger partial charge in [0.15, 0.2) is 5.65 Å². The Labute approximate surface area is 182 Å². The minimum Gasteiger partial charge on any atom is -0.272 e. The maximum atomic E-state index is 13.3. The molecule has 3 aromatic heterocycles. The minimum atomic E-state index is -0.0185. The van der Waals surface area contributed by atoms with Crippen LogP contribution in [0.15, 0.2) is 37.1 Å². The van der Waals surface area contributed by atoms with Crippen LogP contribution in [0.25, 0.3) is 5.65 Å². The first-order valence-corrected chi connectivity index (χ1v) is 11.2. The second-order valence-corrected chi connectivity index (χ2v) is 9.08. The van der Waals surface area contributed by atoms with Crippen LogP contribution in [0, 0.1) is 25.7 Å². The molecular weight excluding hydrogens is 390 g/mol. The van der Waals surface area contributed by atoms with Gasteiger partial charge in [0.2, 0.25) is 5.91 Å². The van der Waals surface area contributed by atoms with Crippen LogP contribution in [-0.2, 0) is 16.1 Å². The Bertz CT molecular complexity index is 1090. The third-order valence-corrected chi connectivity index (χ3v) is 6.74. The number of aryl methyl sites for hydroxylation is 2. The summed E-state index contributed by atoms with van der Waals surface area (Å²) in [5.74, 6) is 0.789. The number of aromatic nitrogens is 4. The molecule has 5 rings (SSSR count). The van der Waals surface area contributed by atoms with E-state index in [2.05, 4.69) is 40.3 Å². The van der Waals surface area contributed by atoms with Crippen molar-refractivity contribution >= 4 is 11.6 Å². The molecule has 1 saturated heterocycles. The number of hydrogen-bond donors (Lipinski definition) is 0. The van der Waals surface area contributed by atoms with Crippen LogP contribution in [0.1, 0.15) is 60.4 Å². The molecule has 1 aliphatic carbocycles. The van der Waals surface area contributed by atoms with Gasteiger partial charge in [0.05, 0.1) is 12.6 Å². The summed E-state index contributed by atoms with van der Waals surface area (Å²) in [6, 6.07) is 4.31. The van der Waals surface area contributed by atoms with Crippen LogP contribution in [0.5, 0.6) is 0 Å². The predicted molar refractivity (Wildman–Crippen MR) is 116 cm³/mol. The van der Waals surface area contributed by atoms with E-state index in [1.165, 1.54) is 5.56 Å². The fourth-order valence-electron chi connectivity index (χ4n) is 5.15. The second-order valence-electron chi connectivity index (χ2n) is 9.08. The van der Waals surface area contributed by atoms with Crippen LogP contribution in [0.3, 0.4) is 0 Å². The van der Waals surface area contributed by atoms with Crippen molar-refractivity contribution in [1.29, 1.82) is 0 Å². The van der Waals surface area contributed by atoms with Crippen molar-refractivity contribution in [2.24, 2.45) is 11.8 Å². The van der Waals surface area contributed by atoms with E-state index in [4.69, 9.17) is 4.84 Å². The van der Waals surface area contributed by atoms with Gasteiger partial charge in [0, 0.05) is 30.9 Å². The van der Waals surface area contributed by atoms with Crippen LogP contribution in [0.4, 0.5) is 0 Å². The van der Waals surface area contributed by atoms with Gasteiger partial charge in [0.1, 0.15) is 6.33 Å². The molecular formula is C24H29N5O2. The average molecular weight is 420 g/mol. The van der Waals surface area contributed by atoms with Gasteiger partial charge < -0.3 is 0 Å². The number of carbonyl (C=O) groups is 1. The van der Waals surface area contributed by atoms with Crippen LogP contribution in [-0.4, -0.2) is 37.2 Å². The second kappa shape index (κ2) is 8.38. The monoisotopic (exact) mass is 419 g/mol. The smallest absolute Gasteiger partial charge is 0.249 e. The Morgan fingerprint density at radius 2 is 1.97 bits per heavy atom. The molecule has 0 bridgehead atoms. The third kappa shape index (κ3) is 4.06. The number of hydrogen-bond acceptors (Lipinski definition) is 5. The predicted octanol–water partition coefficient (Wildman–Crippen LogP) is 4.00. The number of pyridine rings is 2. The SMILES string of the molecule is Cc1cncc([C@@H]2CCON2C(=O)C2CCC(Cc3cc(C)c4ncnn4c3)CC2)c1. The molecule has 1 atom stereocenters. The summed E-state index contributed by atoms with van der Waals surface area (Å²) in [5, 5.41) is 5.93. The highest BCUT2D eigenvalue weighted by atomic mass is 16.7. The number of carbonyl (C=O) groups excluding carboxylic acids is 1. The molecule has 3 aromatic rings. The van der Waals surface area contributed by atoms with Gasteiger partial charge in [-0.15, -0.1) is 0 Å². The van der Waals surface area contributed by atoms with Crippen molar-refractivity contribution < 1.29 is 9.63 Å². The number of nitrogens with zero attached hydrogens (tertiary/aromatic N) is 5. The van der Waals surface area contributed by atoms with E-state index in [-0.39, 0.29) is 17.9 Å². The highest BCUT2D eigenvalue weighted by molar-refractivity contribution is 5.78. The van der Waals surface area contributed by atoms with Gasteiger partial charge in [-0.3, -0.25) is 14.6 Å². The molecule has 0 spiro atoms. The standard InChI is InChI=1S/C24H29N5O2/c1-16-9-21(13-25-12-16)22-7-8-31-29(22)24(30)20-5-3-18(4-6-20)11-19-10-17(2)23-26-15-27-28(23)14-19/h9-10,12-15,18,20,22H,3-8,11H2,1-2H3/t18?,20?,22-/m0/s1. The van der Waals surface area contributed by atoms with Gasteiger partial charge in [-0.05, 0) is 74.1 Å². The minimum absolute atomic E-state index is 0.0185. The lowest BCUT2D eigenvalue weighted by atomic mass is 9.79. The van der Waals surface area contributed by atoms with Gasteiger partial charge in [-0.1, -0.05) is 12.1 Å². The molecule has 2 fully saturated rings. The topological polar surface area (TPSA) is 72.6 Å². The zero-order valence-corrected chi connectivity index (χ0v) is 18.2. The maximum absolute atomic E-state index is 13.3. The molecule has 0 radical (unpaired) electrons. The molecule has 4 heterocycles. The molecule has 1 aliphatic heterocycles. The third-order valence-electron chi connectivity index (χ3n) is 6.74. The van der Waals surface area contributed by atoms with Crippen molar-refractivity contribution in [1.82, 2.24) is 24.6 Å². The first-order chi connectivity index (χ1) is 15.1. The highest BCUT2D eigenvalue weighted by Gasteiger charge is 2.37. The number of rotatable bonds is 4. The van der Waals surface area contributed by atoms with E-state index in [0.29, 0.717) is 12.5 Å². The molecule has 162 valence electrons. The number of hydroxylamine groups is 2. The molecule has 0 aromatic carbocycles. The zero-order valence-electron chi connectivity index (χ0n) is 18.2. The van der Waals surface area contributed by atoms with E-state index in [1.807, 2.05) is 23.8 Å². The molecule has 31 heavy (non-hydrogen) atoms. The van der Waals surface area contributed by atoms with Crippen molar-refractivity contribution in [3.8, 4) is 0 Å². The van der Waals surface area contributed by atoms with E-state index >= 15 is 0 Å². The van der Waals surface area contributed by atoms with Crippen molar-refractivity contribution in [3.63, 3.8) is 0 Å². The molecule has 0 unspecified atom stereocenters. The number of fused-ring (bicyclic) bond motifs is 1. The van der Waals surface area contributed by atoms with E-state index in [0.717, 1.165) is 60.9 Å².